The molecule has 0 radical (unpaired) electrons. The Kier molecular flexibility index (Phi) is 6.85. The molecule has 3 aromatic carbocycles. The van der Waals surface area contributed by atoms with Crippen molar-refractivity contribution in [1.82, 2.24) is 0 Å². The predicted molar refractivity (Wildman–Crippen MR) is 128 cm³/mol. The van der Waals surface area contributed by atoms with Gasteiger partial charge < -0.3 is 0 Å². The van der Waals surface area contributed by atoms with E-state index >= 15 is 0 Å². The number of nitriles is 5. The van der Waals surface area contributed by atoms with E-state index < -0.39 is 0 Å². The van der Waals surface area contributed by atoms with Gasteiger partial charge in [-0.2, -0.15) is 15.8 Å². The highest BCUT2D eigenvalue weighted by Crippen LogP contribution is 2.27. The van der Waals surface area contributed by atoms with Gasteiger partial charge in [-0.3, -0.25) is 0 Å². The van der Waals surface area contributed by atoms with Gasteiger partial charge in [0.25, 0.3) is 11.4 Å². The second kappa shape index (κ2) is 10.3. The molecule has 0 bridgehead atoms. The Balaban J connectivity index is 2.68. The fourth-order valence-electron chi connectivity index (χ4n) is 3.57. The molecule has 0 amide bonds. The minimum absolute atomic E-state index is 0.138. The first kappa shape index (κ1) is 24.0. The van der Waals surface area contributed by atoms with E-state index in [0.717, 1.165) is 0 Å². The van der Waals surface area contributed by atoms with Crippen molar-refractivity contribution in [2.75, 3.05) is 0 Å². The minimum Gasteiger partial charge on any atom is -0.238 e. The number of rotatable bonds is 2. The van der Waals surface area contributed by atoms with Crippen LogP contribution in [0.25, 0.3) is 48.2 Å². The topological polar surface area (TPSA) is 132 Å². The minimum atomic E-state index is -0.304. The summed E-state index contributed by atoms with van der Waals surface area (Å²) in [7, 11) is 0. The van der Waals surface area contributed by atoms with Crippen LogP contribution in [-0.4, -0.2) is 0 Å². The number of hydrogen-bond acceptors (Lipinski definition) is 5. The fourth-order valence-corrected chi connectivity index (χ4v) is 3.57. The summed E-state index contributed by atoms with van der Waals surface area (Å²) in [6.45, 7) is 22.3. The second-order valence-electron chi connectivity index (χ2n) is 7.10. The lowest BCUT2D eigenvalue weighted by Gasteiger charge is -2.12. The maximum absolute atomic E-state index is 9.66. The van der Waals surface area contributed by atoms with Crippen LogP contribution < -0.4 is 10.4 Å². The van der Waals surface area contributed by atoms with Crippen LogP contribution in [0.2, 0.25) is 0 Å². The molecule has 0 N–H and O–H groups in total. The monoisotopic (exact) mass is 456 g/mol. The van der Waals surface area contributed by atoms with Crippen molar-refractivity contribution >= 4 is 17.1 Å². The van der Waals surface area contributed by atoms with E-state index in [1.165, 1.54) is 48.5 Å². The zero-order valence-corrected chi connectivity index (χ0v) is 18.2. The van der Waals surface area contributed by atoms with E-state index in [9.17, 15) is 26.3 Å². The maximum Gasteiger partial charge on any atom is 0.269 e. The Morgan fingerprint density at radius 2 is 0.972 bits per heavy atom. The van der Waals surface area contributed by atoms with Gasteiger partial charge >= 0.3 is 0 Å². The van der Waals surface area contributed by atoms with E-state index in [4.69, 9.17) is 19.7 Å². The highest BCUT2D eigenvalue weighted by molar-refractivity contribution is 5.83. The molecule has 36 heavy (non-hydrogen) atoms. The van der Waals surface area contributed by atoms with Crippen LogP contribution in [-0.2, 0) is 0 Å². The first-order chi connectivity index (χ1) is 17.5. The summed E-state index contributed by atoms with van der Waals surface area (Å²) in [5, 5.41) is 47.8. The van der Waals surface area contributed by atoms with Crippen molar-refractivity contribution in [2.45, 2.75) is 0 Å². The molecule has 0 aromatic heterocycles. The largest absolute Gasteiger partial charge is 0.269 e. The highest BCUT2D eigenvalue weighted by atomic mass is 14.7. The lowest BCUT2D eigenvalue weighted by molar-refractivity contribution is 1.42. The quantitative estimate of drug-likeness (QED) is 0.531. The third-order valence-corrected chi connectivity index (χ3v) is 5.09. The molecular weight excluding hydrogens is 448 g/mol. The molecule has 8 nitrogen and oxygen atoms in total. The van der Waals surface area contributed by atoms with Gasteiger partial charge in [-0.1, -0.05) is 12.1 Å². The number of hydrogen-bond donors (Lipinski definition) is 0. The van der Waals surface area contributed by atoms with E-state index in [1.54, 1.807) is 0 Å². The molecule has 3 aromatic rings. The number of nitrogens with zero attached hydrogens (tertiary/aromatic N) is 8. The molecule has 0 fully saturated rings. The lowest BCUT2D eigenvalue weighted by atomic mass is 9.92. The highest BCUT2D eigenvalue weighted by Gasteiger charge is 2.14. The van der Waals surface area contributed by atoms with E-state index in [2.05, 4.69) is 14.5 Å². The van der Waals surface area contributed by atoms with Crippen molar-refractivity contribution in [2.24, 2.45) is 0 Å². The molecule has 3 rings (SSSR count). The molecule has 0 saturated heterocycles. The van der Waals surface area contributed by atoms with Gasteiger partial charge in [-0.25, -0.2) is 25.1 Å². The van der Waals surface area contributed by atoms with Crippen LogP contribution in [0.1, 0.15) is 16.7 Å². The summed E-state index contributed by atoms with van der Waals surface area (Å²) in [6.07, 6.45) is 0. The van der Waals surface area contributed by atoms with Crippen LogP contribution in [0, 0.1) is 76.4 Å². The maximum atomic E-state index is 9.66. The summed E-state index contributed by atoms with van der Waals surface area (Å²) in [6, 6.07) is 21.1. The van der Waals surface area contributed by atoms with Crippen LogP contribution >= 0.6 is 0 Å². The molecule has 0 aliphatic heterocycles. The summed E-state index contributed by atoms with van der Waals surface area (Å²) < 4.78 is 0. The summed E-state index contributed by atoms with van der Waals surface area (Å²) in [5.41, 5.74) is 1.24. The smallest absolute Gasteiger partial charge is 0.238 e. The van der Waals surface area contributed by atoms with Gasteiger partial charge in [0, 0.05) is 5.56 Å². The first-order valence-electron chi connectivity index (χ1n) is 9.83. The Bertz CT molecular complexity index is 1680. The third-order valence-electron chi connectivity index (χ3n) is 5.09. The molecule has 0 atom stereocenters. The molecule has 8 heteroatoms. The van der Waals surface area contributed by atoms with Gasteiger partial charge in [0.1, 0.15) is 0 Å². The van der Waals surface area contributed by atoms with E-state index in [1.807, 2.05) is 30.3 Å². The van der Waals surface area contributed by atoms with Crippen molar-refractivity contribution in [3.05, 3.63) is 110 Å². The van der Waals surface area contributed by atoms with Crippen molar-refractivity contribution in [1.29, 1.82) is 26.3 Å². The molecule has 0 spiro atoms. The Morgan fingerprint density at radius 3 is 1.33 bits per heavy atom. The van der Waals surface area contributed by atoms with Gasteiger partial charge in [0.2, 0.25) is 0 Å². The SMILES string of the molecule is [C-]#[N+]/C(C#N)=c1/cc(-c2cc(C#N)cc(C#N)c2)/c(=C(\C#N)[N+]#[C-])cc1-c1cc(C#N)cc([N+]#[C-])c1. The third kappa shape index (κ3) is 4.44. The van der Waals surface area contributed by atoms with E-state index in [-0.39, 0.29) is 55.3 Å². The average Bonchev–Trinajstić information content (AvgIpc) is 2.93. The summed E-state index contributed by atoms with van der Waals surface area (Å²) >= 11 is 0. The zero-order chi connectivity index (χ0) is 26.2. The van der Waals surface area contributed by atoms with Crippen molar-refractivity contribution < 1.29 is 0 Å². The second-order valence-corrected chi connectivity index (χ2v) is 7.10. The molecule has 160 valence electrons. The first-order valence-corrected chi connectivity index (χ1v) is 9.83. The van der Waals surface area contributed by atoms with Crippen molar-refractivity contribution in [3.8, 4) is 52.6 Å². The van der Waals surface area contributed by atoms with Gasteiger partial charge in [-0.05, 0) is 69.1 Å². The Morgan fingerprint density at radius 1 is 0.556 bits per heavy atom. The number of benzene rings is 3. The standard InChI is InChI=1S/C28H8N8/c1-34-22-8-19(14-31)7-21(9-22)24-11-25(27(15-32)35-2)23(10-26(24)28(16-33)36-3)20-5-17(12-29)4-18(6-20)13-30/h4-11H/b27-25+,28-26-. The van der Waals surface area contributed by atoms with Crippen molar-refractivity contribution in [3.63, 3.8) is 0 Å². The summed E-state index contributed by atoms with van der Waals surface area (Å²) in [5.74, 6) is 0. The zero-order valence-electron chi connectivity index (χ0n) is 18.2. The van der Waals surface area contributed by atoms with E-state index in [0.29, 0.717) is 11.1 Å². The molecule has 0 unspecified atom stereocenters. The average molecular weight is 456 g/mol. The lowest BCUT2D eigenvalue weighted by Crippen LogP contribution is -2.19. The normalized spacial score (nSPS) is 10.9. The Labute approximate surface area is 206 Å². The predicted octanol–water partition coefficient (Wildman–Crippen LogP) is 4.29. The Hall–Kier alpha value is -6.68. The van der Waals surface area contributed by atoms with Crippen LogP contribution in [0.5, 0.6) is 0 Å². The van der Waals surface area contributed by atoms with Gasteiger partial charge in [0.15, 0.2) is 5.69 Å². The molecule has 0 aliphatic rings. The molecule has 0 aliphatic carbocycles. The van der Waals surface area contributed by atoms with Gasteiger partial charge in [-0.15, -0.1) is 0 Å². The molecule has 0 saturated carbocycles. The molecule has 0 heterocycles. The summed E-state index contributed by atoms with van der Waals surface area (Å²) in [4.78, 5) is 9.99. The van der Waals surface area contributed by atoms with Crippen LogP contribution in [0.3, 0.4) is 0 Å². The van der Waals surface area contributed by atoms with Gasteiger partial charge in [0.05, 0.1) is 61.2 Å². The van der Waals surface area contributed by atoms with Crippen LogP contribution in [0.4, 0.5) is 5.69 Å². The molecular formula is C28H8N8. The van der Waals surface area contributed by atoms with Crippen LogP contribution in [0.15, 0.2) is 48.5 Å². The fraction of sp³-hybridized carbons (Fsp3) is 0.